The van der Waals surface area contributed by atoms with Crippen molar-refractivity contribution < 1.29 is 9.59 Å². The Kier molecular flexibility index (Phi) is 4.92. The predicted molar refractivity (Wildman–Crippen MR) is 102 cm³/mol. The van der Waals surface area contributed by atoms with Crippen LogP contribution >= 0.6 is 0 Å². The number of amides is 2. The van der Waals surface area contributed by atoms with Crippen LogP contribution in [0.1, 0.15) is 27.4 Å². The molecule has 3 heterocycles. The van der Waals surface area contributed by atoms with Crippen molar-refractivity contribution in [3.8, 4) is 0 Å². The van der Waals surface area contributed by atoms with Crippen LogP contribution in [0.5, 0.6) is 0 Å². The van der Waals surface area contributed by atoms with Crippen LogP contribution in [0.15, 0.2) is 48.9 Å². The molecule has 0 fully saturated rings. The molecule has 1 atom stereocenters. The minimum atomic E-state index is -0.147. The molecule has 0 bridgehead atoms. The summed E-state index contributed by atoms with van der Waals surface area (Å²) in [6, 6.07) is 9.70. The first-order valence-electron chi connectivity index (χ1n) is 9.24. The van der Waals surface area contributed by atoms with Crippen LogP contribution in [0.4, 0.5) is 0 Å². The van der Waals surface area contributed by atoms with Crippen LogP contribution in [-0.2, 0) is 30.8 Å². The van der Waals surface area contributed by atoms with Gasteiger partial charge in [0, 0.05) is 25.4 Å². The van der Waals surface area contributed by atoms with E-state index in [1.54, 1.807) is 27.8 Å². The summed E-state index contributed by atoms with van der Waals surface area (Å²) >= 11 is 0. The summed E-state index contributed by atoms with van der Waals surface area (Å²) in [5, 5.41) is 10.3. The standard InChI is InChI=1S/C20H22N6O2/c1-14-21-7-8-25(14)13-19(27)24-16-9-18-17(11-23-26(18)12-16)20(28)22-10-15-5-3-2-4-6-15/h2-8,11,16H,9-10,12-13H2,1H3,(H,22,28)(H,24,27). The fraction of sp³-hybridized carbons (Fsp3) is 0.300. The quantitative estimate of drug-likeness (QED) is 0.671. The van der Waals surface area contributed by atoms with Gasteiger partial charge in [-0.3, -0.25) is 14.3 Å². The van der Waals surface area contributed by atoms with Crippen molar-refractivity contribution >= 4 is 11.8 Å². The van der Waals surface area contributed by atoms with Crippen LogP contribution in [0.3, 0.4) is 0 Å². The molecular weight excluding hydrogens is 356 g/mol. The molecule has 1 aromatic carbocycles. The van der Waals surface area contributed by atoms with Gasteiger partial charge in [0.15, 0.2) is 0 Å². The topological polar surface area (TPSA) is 93.8 Å². The second-order valence-electron chi connectivity index (χ2n) is 6.93. The molecule has 0 saturated heterocycles. The van der Waals surface area contributed by atoms with E-state index in [4.69, 9.17) is 0 Å². The maximum Gasteiger partial charge on any atom is 0.255 e. The first kappa shape index (κ1) is 18.0. The Labute approximate surface area is 162 Å². The van der Waals surface area contributed by atoms with Crippen LogP contribution in [0, 0.1) is 6.92 Å². The van der Waals surface area contributed by atoms with E-state index in [0.29, 0.717) is 25.1 Å². The number of carbonyl (C=O) groups excluding carboxylic acids is 2. The first-order chi connectivity index (χ1) is 13.6. The fourth-order valence-electron chi connectivity index (χ4n) is 3.45. The molecule has 0 radical (unpaired) electrons. The molecule has 1 aliphatic rings. The van der Waals surface area contributed by atoms with Crippen LogP contribution in [0.25, 0.3) is 0 Å². The highest BCUT2D eigenvalue weighted by Crippen LogP contribution is 2.19. The van der Waals surface area contributed by atoms with Crippen molar-refractivity contribution in [1.82, 2.24) is 30.0 Å². The van der Waals surface area contributed by atoms with Gasteiger partial charge >= 0.3 is 0 Å². The van der Waals surface area contributed by atoms with Crippen molar-refractivity contribution in [2.24, 2.45) is 0 Å². The Morgan fingerprint density at radius 2 is 2.07 bits per heavy atom. The van der Waals surface area contributed by atoms with Gasteiger partial charge in [-0.2, -0.15) is 5.10 Å². The lowest BCUT2D eigenvalue weighted by Crippen LogP contribution is -2.38. The monoisotopic (exact) mass is 378 g/mol. The highest BCUT2D eigenvalue weighted by atomic mass is 16.2. The van der Waals surface area contributed by atoms with E-state index in [9.17, 15) is 9.59 Å². The van der Waals surface area contributed by atoms with Gasteiger partial charge in [0.05, 0.1) is 30.0 Å². The highest BCUT2D eigenvalue weighted by molar-refractivity contribution is 5.95. The number of hydrogen-bond acceptors (Lipinski definition) is 4. The Balaban J connectivity index is 1.34. The first-order valence-corrected chi connectivity index (χ1v) is 9.24. The molecule has 1 unspecified atom stereocenters. The maximum atomic E-state index is 12.6. The summed E-state index contributed by atoms with van der Waals surface area (Å²) in [6.07, 6.45) is 5.64. The molecule has 2 N–H and O–H groups in total. The molecule has 0 saturated carbocycles. The lowest BCUT2D eigenvalue weighted by atomic mass is 10.1. The van der Waals surface area contributed by atoms with Crippen molar-refractivity contribution in [1.29, 1.82) is 0 Å². The molecule has 144 valence electrons. The summed E-state index contributed by atoms with van der Waals surface area (Å²) in [5.41, 5.74) is 2.47. The number of carbonyl (C=O) groups is 2. The van der Waals surface area contributed by atoms with Crippen LogP contribution < -0.4 is 10.6 Å². The summed E-state index contributed by atoms with van der Waals surface area (Å²) in [7, 11) is 0. The van der Waals surface area contributed by atoms with Gasteiger partial charge in [-0.1, -0.05) is 30.3 Å². The van der Waals surface area contributed by atoms with Gasteiger partial charge in [-0.05, 0) is 12.5 Å². The third-order valence-corrected chi connectivity index (χ3v) is 4.92. The summed E-state index contributed by atoms with van der Waals surface area (Å²) in [5.74, 6) is 0.574. The maximum absolute atomic E-state index is 12.6. The number of fused-ring (bicyclic) bond motifs is 1. The molecule has 0 spiro atoms. The zero-order valence-corrected chi connectivity index (χ0v) is 15.6. The Morgan fingerprint density at radius 3 is 2.82 bits per heavy atom. The molecule has 2 amide bonds. The summed E-state index contributed by atoms with van der Waals surface area (Å²) in [6.45, 7) is 3.12. The molecule has 0 aliphatic carbocycles. The lowest BCUT2D eigenvalue weighted by Gasteiger charge is -2.12. The molecule has 2 aromatic heterocycles. The Hall–Kier alpha value is -3.42. The van der Waals surface area contributed by atoms with Crippen LogP contribution in [-0.4, -0.2) is 37.2 Å². The van der Waals surface area contributed by atoms with Crippen molar-refractivity contribution in [3.63, 3.8) is 0 Å². The molecule has 4 rings (SSSR count). The van der Waals surface area contributed by atoms with E-state index in [2.05, 4.69) is 20.7 Å². The van der Waals surface area contributed by atoms with Crippen molar-refractivity contribution in [2.45, 2.75) is 39.0 Å². The normalized spacial score (nSPS) is 15.2. The van der Waals surface area contributed by atoms with Gasteiger partial charge in [-0.25, -0.2) is 4.98 Å². The van der Waals surface area contributed by atoms with E-state index in [1.165, 1.54) is 0 Å². The van der Waals surface area contributed by atoms with E-state index in [-0.39, 0.29) is 24.4 Å². The number of rotatable bonds is 6. The van der Waals surface area contributed by atoms with E-state index in [1.807, 2.05) is 37.3 Å². The van der Waals surface area contributed by atoms with E-state index < -0.39 is 0 Å². The summed E-state index contributed by atoms with van der Waals surface area (Å²) in [4.78, 5) is 29.0. The number of benzene rings is 1. The third kappa shape index (κ3) is 3.80. The number of aromatic nitrogens is 4. The average molecular weight is 378 g/mol. The smallest absolute Gasteiger partial charge is 0.255 e. The Bertz CT molecular complexity index is 991. The van der Waals surface area contributed by atoms with Gasteiger partial charge in [-0.15, -0.1) is 0 Å². The zero-order chi connectivity index (χ0) is 19.5. The minimum Gasteiger partial charge on any atom is -0.350 e. The molecular formula is C20H22N6O2. The number of imidazole rings is 1. The number of nitrogens with one attached hydrogen (secondary N) is 2. The molecule has 1 aliphatic heterocycles. The second-order valence-corrected chi connectivity index (χ2v) is 6.93. The fourth-order valence-corrected chi connectivity index (χ4v) is 3.45. The highest BCUT2D eigenvalue weighted by Gasteiger charge is 2.28. The lowest BCUT2D eigenvalue weighted by molar-refractivity contribution is -0.122. The van der Waals surface area contributed by atoms with Gasteiger partial charge in [0.25, 0.3) is 5.91 Å². The number of nitrogens with zero attached hydrogens (tertiary/aromatic N) is 4. The number of aryl methyl sites for hydroxylation is 1. The van der Waals surface area contributed by atoms with Crippen LogP contribution in [0.2, 0.25) is 0 Å². The average Bonchev–Trinajstić information content (AvgIpc) is 3.37. The van der Waals surface area contributed by atoms with Gasteiger partial charge < -0.3 is 15.2 Å². The minimum absolute atomic E-state index is 0.0688. The molecule has 28 heavy (non-hydrogen) atoms. The second kappa shape index (κ2) is 7.67. The molecule has 8 heteroatoms. The largest absolute Gasteiger partial charge is 0.350 e. The zero-order valence-electron chi connectivity index (χ0n) is 15.6. The molecule has 3 aromatic rings. The Morgan fingerprint density at radius 1 is 1.25 bits per heavy atom. The SMILES string of the molecule is Cc1nccn1CC(=O)NC1Cc2c(C(=O)NCc3ccccc3)cnn2C1. The third-order valence-electron chi connectivity index (χ3n) is 4.92. The molecule has 8 nitrogen and oxygen atoms in total. The predicted octanol–water partition coefficient (Wildman–Crippen LogP) is 1.06. The van der Waals surface area contributed by atoms with E-state index in [0.717, 1.165) is 17.1 Å². The van der Waals surface area contributed by atoms with Gasteiger partial charge in [0.2, 0.25) is 5.91 Å². The number of hydrogen-bond donors (Lipinski definition) is 2. The van der Waals surface area contributed by atoms with Crippen molar-refractivity contribution in [3.05, 3.63) is 71.6 Å². The van der Waals surface area contributed by atoms with E-state index >= 15 is 0 Å². The van der Waals surface area contributed by atoms with Crippen molar-refractivity contribution in [2.75, 3.05) is 0 Å². The van der Waals surface area contributed by atoms with Gasteiger partial charge in [0.1, 0.15) is 12.4 Å². The summed E-state index contributed by atoms with van der Waals surface area (Å²) < 4.78 is 3.59.